The highest BCUT2D eigenvalue weighted by atomic mass is 16.5. The van der Waals surface area contributed by atoms with Crippen molar-refractivity contribution in [2.24, 2.45) is 0 Å². The molecule has 1 atom stereocenters. The van der Waals surface area contributed by atoms with Gasteiger partial charge in [0.05, 0.1) is 6.61 Å². The van der Waals surface area contributed by atoms with Gasteiger partial charge in [0, 0.05) is 49.3 Å². The zero-order valence-corrected chi connectivity index (χ0v) is 15.2. The molecule has 3 rings (SSSR count). The highest BCUT2D eigenvalue weighted by Crippen LogP contribution is 2.35. The maximum absolute atomic E-state index is 12.2. The minimum absolute atomic E-state index is 0.108. The van der Waals surface area contributed by atoms with Crippen molar-refractivity contribution in [2.75, 3.05) is 6.61 Å². The van der Waals surface area contributed by atoms with E-state index in [9.17, 15) is 9.59 Å². The van der Waals surface area contributed by atoms with Gasteiger partial charge in [-0.25, -0.2) is 0 Å². The van der Waals surface area contributed by atoms with Gasteiger partial charge >= 0.3 is 0 Å². The van der Waals surface area contributed by atoms with E-state index in [-0.39, 0.29) is 24.0 Å². The number of fused-ring (bicyclic) bond motifs is 1. The summed E-state index contributed by atoms with van der Waals surface area (Å²) in [5, 5.41) is 2.90. The van der Waals surface area contributed by atoms with Crippen molar-refractivity contribution < 1.29 is 14.3 Å². The third kappa shape index (κ3) is 4.25. The summed E-state index contributed by atoms with van der Waals surface area (Å²) in [5.74, 6) is 1.53. The number of aromatic nitrogens is 1. The highest BCUT2D eigenvalue weighted by molar-refractivity contribution is 5.75. The van der Waals surface area contributed by atoms with Crippen LogP contribution in [0.1, 0.15) is 31.4 Å². The highest BCUT2D eigenvalue weighted by Gasteiger charge is 2.22. The van der Waals surface area contributed by atoms with Crippen LogP contribution in [0, 0.1) is 0 Å². The molecule has 1 aromatic carbocycles. The first kappa shape index (κ1) is 18.0. The Morgan fingerprint density at radius 2 is 2.23 bits per heavy atom. The van der Waals surface area contributed by atoms with Crippen molar-refractivity contribution in [1.82, 2.24) is 9.88 Å². The van der Waals surface area contributed by atoms with Gasteiger partial charge in [-0.3, -0.25) is 9.59 Å². The lowest BCUT2D eigenvalue weighted by Crippen LogP contribution is -2.26. The van der Waals surface area contributed by atoms with Gasteiger partial charge in [-0.2, -0.15) is 0 Å². The fraction of sp³-hybridized carbons (Fsp3) is 0.400. The fourth-order valence-electron chi connectivity index (χ4n) is 3.06. The van der Waals surface area contributed by atoms with Crippen molar-refractivity contribution >= 4 is 5.91 Å². The number of rotatable bonds is 7. The molecule has 1 aliphatic heterocycles. The monoisotopic (exact) mass is 356 g/mol. The number of amides is 1. The largest absolute Gasteiger partial charge is 0.494 e. The van der Waals surface area contributed by atoms with E-state index < -0.39 is 0 Å². The van der Waals surface area contributed by atoms with Gasteiger partial charge in [0.15, 0.2) is 0 Å². The second-order valence-corrected chi connectivity index (χ2v) is 6.39. The molecule has 0 saturated heterocycles. The van der Waals surface area contributed by atoms with Gasteiger partial charge in [0.1, 0.15) is 17.6 Å². The minimum atomic E-state index is -0.113. The zero-order chi connectivity index (χ0) is 18.5. The average molecular weight is 356 g/mol. The van der Waals surface area contributed by atoms with E-state index in [4.69, 9.17) is 9.47 Å². The van der Waals surface area contributed by atoms with Gasteiger partial charge in [-0.1, -0.05) is 6.07 Å². The first-order valence-electron chi connectivity index (χ1n) is 8.94. The minimum Gasteiger partial charge on any atom is -0.494 e. The standard InChI is InChI=1S/C20H24N2O4/c1-3-25-17-11-15-10-14(2)26-18(15)12-16(17)13-21-19(23)7-9-22-8-5-4-6-20(22)24/h4-6,8,11-12,14H,3,7,9-10,13H2,1-2H3,(H,21,23). The third-order valence-corrected chi connectivity index (χ3v) is 4.33. The molecule has 138 valence electrons. The Hall–Kier alpha value is -2.76. The topological polar surface area (TPSA) is 69.6 Å². The predicted octanol–water partition coefficient (Wildman–Crippen LogP) is 2.28. The van der Waals surface area contributed by atoms with Crippen molar-refractivity contribution in [3.8, 4) is 11.5 Å². The fourth-order valence-corrected chi connectivity index (χ4v) is 3.06. The Bertz CT molecular complexity index is 844. The normalized spacial score (nSPS) is 15.2. The number of aryl methyl sites for hydroxylation is 1. The van der Waals surface area contributed by atoms with Crippen LogP contribution < -0.4 is 20.3 Å². The number of carbonyl (C=O) groups is 1. The second-order valence-electron chi connectivity index (χ2n) is 6.39. The molecule has 1 N–H and O–H groups in total. The molecule has 1 amide bonds. The number of nitrogens with one attached hydrogen (secondary N) is 1. The van der Waals surface area contributed by atoms with E-state index in [0.29, 0.717) is 19.7 Å². The van der Waals surface area contributed by atoms with Crippen LogP contribution in [0.4, 0.5) is 0 Å². The van der Waals surface area contributed by atoms with Crippen LogP contribution in [0.5, 0.6) is 11.5 Å². The second kappa shape index (κ2) is 8.08. The van der Waals surface area contributed by atoms with E-state index in [2.05, 4.69) is 5.32 Å². The zero-order valence-electron chi connectivity index (χ0n) is 15.2. The molecule has 1 aliphatic rings. The number of pyridine rings is 1. The lowest BCUT2D eigenvalue weighted by molar-refractivity contribution is -0.121. The molecule has 0 radical (unpaired) electrons. The molecule has 0 saturated carbocycles. The number of hydrogen-bond donors (Lipinski definition) is 1. The summed E-state index contributed by atoms with van der Waals surface area (Å²) in [7, 11) is 0. The van der Waals surface area contributed by atoms with Gasteiger partial charge in [0.2, 0.25) is 5.91 Å². The van der Waals surface area contributed by atoms with Crippen molar-refractivity contribution in [3.63, 3.8) is 0 Å². The third-order valence-electron chi connectivity index (χ3n) is 4.33. The quantitative estimate of drug-likeness (QED) is 0.826. The number of hydrogen-bond acceptors (Lipinski definition) is 4. The Morgan fingerprint density at radius 3 is 3.00 bits per heavy atom. The molecule has 0 spiro atoms. The summed E-state index contributed by atoms with van der Waals surface area (Å²) in [6.07, 6.45) is 2.95. The first-order valence-corrected chi connectivity index (χ1v) is 8.94. The molecule has 6 nitrogen and oxygen atoms in total. The molecule has 6 heteroatoms. The van der Waals surface area contributed by atoms with E-state index >= 15 is 0 Å². The van der Waals surface area contributed by atoms with Gasteiger partial charge in [-0.15, -0.1) is 0 Å². The van der Waals surface area contributed by atoms with Crippen LogP contribution in [0.15, 0.2) is 41.3 Å². The average Bonchev–Trinajstić information content (AvgIpc) is 2.98. The SMILES string of the molecule is CCOc1cc2c(cc1CNC(=O)CCn1ccccc1=O)OC(C)C2. The van der Waals surface area contributed by atoms with Crippen LogP contribution in [0.25, 0.3) is 0 Å². The molecular formula is C20H24N2O4. The Balaban J connectivity index is 1.62. The summed E-state index contributed by atoms with van der Waals surface area (Å²) in [6.45, 7) is 5.25. The van der Waals surface area contributed by atoms with Crippen molar-refractivity contribution in [1.29, 1.82) is 0 Å². The summed E-state index contributed by atoms with van der Waals surface area (Å²) in [5.41, 5.74) is 1.92. The van der Waals surface area contributed by atoms with Crippen LogP contribution in [-0.4, -0.2) is 23.2 Å². The van der Waals surface area contributed by atoms with E-state index in [1.807, 2.05) is 26.0 Å². The van der Waals surface area contributed by atoms with Gasteiger partial charge < -0.3 is 19.4 Å². The predicted molar refractivity (Wildman–Crippen MR) is 98.6 cm³/mol. The molecule has 1 aromatic heterocycles. The maximum atomic E-state index is 12.2. The molecule has 0 fully saturated rings. The Kier molecular flexibility index (Phi) is 5.61. The molecule has 26 heavy (non-hydrogen) atoms. The van der Waals surface area contributed by atoms with E-state index in [1.54, 1.807) is 18.3 Å². The van der Waals surface area contributed by atoms with E-state index in [1.165, 1.54) is 10.6 Å². The van der Waals surface area contributed by atoms with Gasteiger partial charge in [-0.05, 0) is 32.0 Å². The summed E-state index contributed by atoms with van der Waals surface area (Å²) < 4.78 is 13.0. The van der Waals surface area contributed by atoms with Gasteiger partial charge in [0.25, 0.3) is 5.56 Å². The van der Waals surface area contributed by atoms with Crippen LogP contribution in [0.2, 0.25) is 0 Å². The summed E-state index contributed by atoms with van der Waals surface area (Å²) in [6, 6.07) is 8.90. The van der Waals surface area contributed by atoms with E-state index in [0.717, 1.165) is 29.0 Å². The summed E-state index contributed by atoms with van der Waals surface area (Å²) in [4.78, 5) is 23.8. The van der Waals surface area contributed by atoms with Crippen molar-refractivity contribution in [3.05, 3.63) is 58.0 Å². The number of nitrogens with zero attached hydrogens (tertiary/aromatic N) is 1. The Morgan fingerprint density at radius 1 is 1.38 bits per heavy atom. The maximum Gasteiger partial charge on any atom is 0.250 e. The molecule has 2 aromatic rings. The van der Waals surface area contributed by atoms with Crippen molar-refractivity contribution in [2.45, 2.75) is 45.9 Å². The lowest BCUT2D eigenvalue weighted by atomic mass is 10.1. The number of ether oxygens (including phenoxy) is 2. The number of benzene rings is 1. The molecule has 2 heterocycles. The summed E-state index contributed by atoms with van der Waals surface area (Å²) >= 11 is 0. The molecule has 0 aliphatic carbocycles. The lowest BCUT2D eigenvalue weighted by Gasteiger charge is -2.13. The number of carbonyl (C=O) groups excluding carboxylic acids is 1. The van der Waals surface area contributed by atoms with Crippen LogP contribution >= 0.6 is 0 Å². The smallest absolute Gasteiger partial charge is 0.250 e. The molecular weight excluding hydrogens is 332 g/mol. The van der Waals surface area contributed by atoms with Crippen LogP contribution in [0.3, 0.4) is 0 Å². The first-order chi connectivity index (χ1) is 12.6. The molecule has 0 bridgehead atoms. The van der Waals surface area contributed by atoms with Crippen LogP contribution in [-0.2, 0) is 24.3 Å². The Labute approximate surface area is 152 Å². The molecule has 1 unspecified atom stereocenters.